The second-order valence-electron chi connectivity index (χ2n) is 2.45. The van der Waals surface area contributed by atoms with E-state index in [1.165, 1.54) is 0 Å². The van der Waals surface area contributed by atoms with Crippen LogP contribution in [-0.4, -0.2) is 23.0 Å². The number of alkyl halides is 1. The zero-order valence-electron chi connectivity index (χ0n) is 8.16. The van der Waals surface area contributed by atoms with E-state index in [4.69, 9.17) is 39.5 Å². The monoisotopic (exact) mass is 282 g/mol. The molecule has 0 atom stereocenters. The minimum absolute atomic E-state index is 0.0778. The molecule has 0 spiro atoms. The molecule has 3 nitrogen and oxygen atoms in total. The van der Waals surface area contributed by atoms with Gasteiger partial charge in [-0.2, -0.15) is 0 Å². The quantitative estimate of drug-likeness (QED) is 0.630. The van der Waals surface area contributed by atoms with Gasteiger partial charge in [-0.1, -0.05) is 18.2 Å². The molecule has 0 amide bonds. The molecule has 0 unspecified atom stereocenters. The van der Waals surface area contributed by atoms with Crippen molar-refractivity contribution in [2.24, 2.45) is 0 Å². The number of para-hydroxylation sites is 1. The van der Waals surface area contributed by atoms with Crippen LogP contribution < -0.4 is 4.74 Å². The molecule has 0 saturated heterocycles. The van der Waals surface area contributed by atoms with Crippen LogP contribution in [0.25, 0.3) is 0 Å². The Labute approximate surface area is 108 Å². The molecule has 0 aliphatic heterocycles. The Morgan fingerprint density at radius 3 is 1.94 bits per heavy atom. The Bertz CT molecular complexity index is 327. The van der Waals surface area contributed by atoms with Crippen LogP contribution in [0.4, 0.5) is 0 Å². The summed E-state index contributed by atoms with van der Waals surface area (Å²) in [4.78, 5) is 19.7. The van der Waals surface area contributed by atoms with Gasteiger partial charge in [0.25, 0.3) is 5.24 Å². The molecule has 0 fully saturated rings. The van der Waals surface area contributed by atoms with E-state index in [9.17, 15) is 9.59 Å². The molecule has 16 heavy (non-hydrogen) atoms. The maximum absolute atomic E-state index is 10.3. The fraction of sp³-hybridized carbons (Fsp3) is 0.200. The van der Waals surface area contributed by atoms with Crippen molar-refractivity contribution in [3.8, 4) is 5.75 Å². The second-order valence-corrected chi connectivity index (χ2v) is 3.56. The van der Waals surface area contributed by atoms with Crippen molar-refractivity contribution in [3.05, 3.63) is 30.3 Å². The van der Waals surface area contributed by atoms with E-state index >= 15 is 0 Å². The van der Waals surface area contributed by atoms with Crippen LogP contribution in [0.2, 0.25) is 0 Å². The lowest BCUT2D eigenvalue weighted by Gasteiger charge is -2.00. The molecule has 0 N–H and O–H groups in total. The third-order valence-corrected chi connectivity index (χ3v) is 1.82. The van der Waals surface area contributed by atoms with Crippen LogP contribution >= 0.6 is 34.8 Å². The summed E-state index contributed by atoms with van der Waals surface area (Å²) in [5, 5.41) is -1.000. The van der Waals surface area contributed by atoms with Gasteiger partial charge in [0.1, 0.15) is 5.75 Å². The van der Waals surface area contributed by atoms with Crippen LogP contribution in [0, 0.1) is 0 Å². The first-order valence-corrected chi connectivity index (χ1v) is 5.45. The van der Waals surface area contributed by atoms with E-state index < -0.39 is 10.5 Å². The van der Waals surface area contributed by atoms with E-state index in [2.05, 4.69) is 0 Å². The molecular weight excluding hydrogens is 274 g/mol. The highest BCUT2D eigenvalue weighted by molar-refractivity contribution is 6.67. The minimum atomic E-state index is -0.508. The lowest BCUT2D eigenvalue weighted by atomic mass is 10.3. The van der Waals surface area contributed by atoms with Crippen molar-refractivity contribution in [2.45, 2.75) is 0 Å². The lowest BCUT2D eigenvalue weighted by Crippen LogP contribution is -2.03. The molecule has 0 aromatic heterocycles. The number of ether oxygens (including phenoxy) is 1. The Kier molecular flexibility index (Phi) is 9.00. The van der Waals surface area contributed by atoms with Crippen LogP contribution in [0.3, 0.4) is 0 Å². The molecule has 0 heterocycles. The van der Waals surface area contributed by atoms with Crippen molar-refractivity contribution >= 4 is 45.3 Å². The summed E-state index contributed by atoms with van der Waals surface area (Å²) in [6.07, 6.45) is 0. The number of halogens is 3. The highest BCUT2D eigenvalue weighted by Gasteiger charge is 1.95. The van der Waals surface area contributed by atoms with Gasteiger partial charge in [-0.15, -0.1) is 11.6 Å². The topological polar surface area (TPSA) is 43.4 Å². The summed E-state index contributed by atoms with van der Waals surface area (Å²) < 4.78 is 4.99. The van der Waals surface area contributed by atoms with Crippen LogP contribution in [-0.2, 0) is 9.59 Å². The van der Waals surface area contributed by atoms with Gasteiger partial charge in [-0.05, 0) is 35.3 Å². The third-order valence-electron chi connectivity index (χ3n) is 1.20. The second kappa shape index (κ2) is 9.46. The van der Waals surface area contributed by atoms with Crippen LogP contribution in [0.5, 0.6) is 5.75 Å². The summed E-state index contributed by atoms with van der Waals surface area (Å²) >= 11 is 14.6. The number of hydrogen-bond donors (Lipinski definition) is 0. The molecule has 1 aromatic rings. The van der Waals surface area contributed by atoms with Crippen molar-refractivity contribution < 1.29 is 14.3 Å². The summed E-state index contributed by atoms with van der Waals surface area (Å²) in [5.74, 6) is 0.558. The summed E-state index contributed by atoms with van der Waals surface area (Å²) in [7, 11) is 0. The maximum atomic E-state index is 10.3. The predicted octanol–water partition coefficient (Wildman–Crippen LogP) is 2.82. The molecule has 1 rings (SSSR count). The largest absolute Gasteiger partial charge is 0.484 e. The first-order chi connectivity index (χ1) is 7.56. The van der Waals surface area contributed by atoms with Crippen LogP contribution in [0.15, 0.2) is 30.3 Å². The normalized spacial score (nSPS) is 8.69. The van der Waals surface area contributed by atoms with Crippen LogP contribution in [0.1, 0.15) is 0 Å². The van der Waals surface area contributed by atoms with Gasteiger partial charge in [0.15, 0.2) is 6.61 Å². The first-order valence-electron chi connectivity index (χ1n) is 4.16. The fourth-order valence-electron chi connectivity index (χ4n) is 0.657. The Balaban J connectivity index is 0.000000385. The molecule has 0 bridgehead atoms. The summed E-state index contributed by atoms with van der Waals surface area (Å²) in [5.41, 5.74) is 0. The average Bonchev–Trinajstić information content (AvgIpc) is 2.28. The van der Waals surface area contributed by atoms with E-state index in [0.717, 1.165) is 0 Å². The lowest BCUT2D eigenvalue weighted by molar-refractivity contribution is -0.113. The van der Waals surface area contributed by atoms with Crippen molar-refractivity contribution in [2.75, 3.05) is 12.5 Å². The summed E-state index contributed by atoms with van der Waals surface area (Å²) in [6.45, 7) is -0.0778. The Morgan fingerprint density at radius 1 is 1.06 bits per heavy atom. The van der Waals surface area contributed by atoms with E-state index in [0.29, 0.717) is 5.75 Å². The van der Waals surface area contributed by atoms with Gasteiger partial charge in [0.2, 0.25) is 5.24 Å². The number of benzene rings is 1. The minimum Gasteiger partial charge on any atom is -0.484 e. The summed E-state index contributed by atoms with van der Waals surface area (Å²) in [6, 6.07) is 9.05. The molecule has 0 aliphatic carbocycles. The molecule has 0 radical (unpaired) electrons. The maximum Gasteiger partial charge on any atom is 0.259 e. The highest BCUT2D eigenvalue weighted by atomic mass is 35.5. The van der Waals surface area contributed by atoms with Gasteiger partial charge >= 0.3 is 0 Å². The molecule has 6 heteroatoms. The fourth-order valence-corrected chi connectivity index (χ4v) is 0.711. The van der Waals surface area contributed by atoms with Gasteiger partial charge in [-0.25, -0.2) is 0 Å². The number of rotatable bonds is 4. The smallest absolute Gasteiger partial charge is 0.259 e. The molecule has 0 saturated carbocycles. The van der Waals surface area contributed by atoms with Crippen molar-refractivity contribution in [1.82, 2.24) is 0 Å². The average molecular weight is 284 g/mol. The SMILES string of the molecule is O=C(Cl)CCl.O=C(Cl)COc1ccccc1. The Hall–Kier alpha value is -0.770. The van der Waals surface area contributed by atoms with Gasteiger partial charge < -0.3 is 4.74 Å². The number of carbonyl (C=O) groups is 2. The van der Waals surface area contributed by atoms with Gasteiger partial charge in [0, 0.05) is 0 Å². The molecule has 88 valence electrons. The zero-order chi connectivity index (χ0) is 12.4. The number of hydrogen-bond acceptors (Lipinski definition) is 3. The number of carbonyl (C=O) groups excluding carboxylic acids is 2. The highest BCUT2D eigenvalue weighted by Crippen LogP contribution is 2.07. The van der Waals surface area contributed by atoms with E-state index in [1.807, 2.05) is 18.2 Å². The van der Waals surface area contributed by atoms with Gasteiger partial charge in [0.05, 0.1) is 5.88 Å². The standard InChI is InChI=1S/C8H7ClO2.C2H2Cl2O/c9-8(10)6-11-7-4-2-1-3-5-7;3-1-2(4)5/h1-5H,6H2;1H2. The molecular formula is C10H9Cl3O3. The van der Waals surface area contributed by atoms with Gasteiger partial charge in [-0.3, -0.25) is 9.59 Å². The third kappa shape index (κ3) is 9.77. The van der Waals surface area contributed by atoms with Crippen molar-refractivity contribution in [3.63, 3.8) is 0 Å². The van der Waals surface area contributed by atoms with Crippen molar-refractivity contribution in [1.29, 1.82) is 0 Å². The van der Waals surface area contributed by atoms with E-state index in [1.54, 1.807) is 12.1 Å². The Morgan fingerprint density at radius 2 is 1.56 bits per heavy atom. The van der Waals surface area contributed by atoms with E-state index in [-0.39, 0.29) is 12.5 Å². The predicted molar refractivity (Wildman–Crippen MR) is 64.4 cm³/mol. The molecule has 1 aromatic carbocycles. The first kappa shape index (κ1) is 15.2. The molecule has 0 aliphatic rings. The zero-order valence-corrected chi connectivity index (χ0v) is 10.4.